The summed E-state index contributed by atoms with van der Waals surface area (Å²) in [5.41, 5.74) is 6.52. The predicted molar refractivity (Wildman–Crippen MR) is 124 cm³/mol. The number of rotatable bonds is 3. The van der Waals surface area contributed by atoms with Gasteiger partial charge in [0.15, 0.2) is 11.3 Å². The zero-order valence-corrected chi connectivity index (χ0v) is 18.1. The topological polar surface area (TPSA) is 74.8 Å². The van der Waals surface area contributed by atoms with Crippen LogP contribution in [0.25, 0.3) is 38.9 Å². The van der Waals surface area contributed by atoms with Crippen molar-refractivity contribution >= 4 is 33.2 Å². The van der Waals surface area contributed by atoms with E-state index in [0.717, 1.165) is 41.7 Å². The Kier molecular flexibility index (Phi) is 4.33. The van der Waals surface area contributed by atoms with Crippen LogP contribution in [0.3, 0.4) is 0 Å². The molecule has 1 fully saturated rings. The molecule has 6 rings (SSSR count). The molecule has 1 aliphatic heterocycles. The van der Waals surface area contributed by atoms with Crippen LogP contribution in [0.4, 0.5) is 0 Å². The van der Waals surface area contributed by atoms with E-state index in [1.54, 1.807) is 10.9 Å². The third kappa shape index (κ3) is 2.92. The molecule has 1 atom stereocenters. The Morgan fingerprint density at radius 2 is 1.84 bits per heavy atom. The van der Waals surface area contributed by atoms with Crippen molar-refractivity contribution < 1.29 is 4.74 Å². The largest absolute Gasteiger partial charge is 0.376 e. The highest BCUT2D eigenvalue weighted by Gasteiger charge is 2.23. The number of hydrogen-bond donors (Lipinski definition) is 0. The first-order valence-electron chi connectivity index (χ1n) is 11.0. The molecule has 3 aromatic heterocycles. The van der Waals surface area contributed by atoms with Gasteiger partial charge in [-0.2, -0.15) is 0 Å². The number of nitrogens with zero attached hydrogens (tertiary/aromatic N) is 5. The van der Waals surface area contributed by atoms with Gasteiger partial charge in [0.2, 0.25) is 0 Å². The molecule has 1 aliphatic rings. The minimum Gasteiger partial charge on any atom is -0.376 e. The fourth-order valence-electron chi connectivity index (χ4n) is 4.52. The molecule has 1 saturated heterocycles. The molecule has 160 valence electrons. The zero-order chi connectivity index (χ0) is 21.8. The highest BCUT2D eigenvalue weighted by atomic mass is 16.5. The maximum Gasteiger partial charge on any atom is 0.265 e. The van der Waals surface area contributed by atoms with Crippen LogP contribution in [0, 0.1) is 13.8 Å². The summed E-state index contributed by atoms with van der Waals surface area (Å²) in [6.45, 7) is 5.41. The third-order valence-corrected chi connectivity index (χ3v) is 6.40. The van der Waals surface area contributed by atoms with E-state index in [1.807, 2.05) is 34.9 Å². The second-order valence-corrected chi connectivity index (χ2v) is 8.52. The van der Waals surface area contributed by atoms with Crippen LogP contribution in [-0.4, -0.2) is 36.8 Å². The Morgan fingerprint density at radius 1 is 1.03 bits per heavy atom. The van der Waals surface area contributed by atoms with Gasteiger partial charge in [0.1, 0.15) is 17.2 Å². The molecule has 32 heavy (non-hydrogen) atoms. The lowest BCUT2D eigenvalue weighted by atomic mass is 10.1. The van der Waals surface area contributed by atoms with Crippen molar-refractivity contribution in [1.29, 1.82) is 0 Å². The van der Waals surface area contributed by atoms with Gasteiger partial charge < -0.3 is 4.74 Å². The second kappa shape index (κ2) is 7.24. The SMILES string of the molecule is Cc1ccc(-n2c3nc4ccccc4nc3c3c(=O)n(C[C@@H]4CCCO4)cnc32)cc1C. The zero-order valence-electron chi connectivity index (χ0n) is 18.1. The summed E-state index contributed by atoms with van der Waals surface area (Å²) in [5.74, 6) is 0. The van der Waals surface area contributed by atoms with Crippen molar-refractivity contribution in [2.45, 2.75) is 39.3 Å². The number of fused-ring (bicyclic) bond motifs is 4. The molecule has 0 N–H and O–H groups in total. The van der Waals surface area contributed by atoms with Gasteiger partial charge in [-0.15, -0.1) is 0 Å². The summed E-state index contributed by atoms with van der Waals surface area (Å²) >= 11 is 0. The number of hydrogen-bond acceptors (Lipinski definition) is 5. The highest BCUT2D eigenvalue weighted by molar-refractivity contribution is 6.05. The van der Waals surface area contributed by atoms with Crippen molar-refractivity contribution in [3.8, 4) is 5.69 Å². The molecular formula is C25H23N5O2. The summed E-state index contributed by atoms with van der Waals surface area (Å²) in [4.78, 5) is 28.1. The van der Waals surface area contributed by atoms with Gasteiger partial charge in [-0.1, -0.05) is 18.2 Å². The maximum atomic E-state index is 13.6. The molecule has 0 radical (unpaired) electrons. The van der Waals surface area contributed by atoms with Gasteiger partial charge in [-0.3, -0.25) is 13.9 Å². The Balaban J connectivity index is 1.69. The fourth-order valence-corrected chi connectivity index (χ4v) is 4.52. The first kappa shape index (κ1) is 19.1. The smallest absolute Gasteiger partial charge is 0.265 e. The Bertz CT molecular complexity index is 1560. The van der Waals surface area contributed by atoms with Gasteiger partial charge in [0, 0.05) is 12.3 Å². The van der Waals surface area contributed by atoms with Crippen LogP contribution in [0.15, 0.2) is 53.6 Å². The minimum atomic E-state index is -0.109. The van der Waals surface area contributed by atoms with Gasteiger partial charge in [-0.05, 0) is 62.1 Å². The van der Waals surface area contributed by atoms with Crippen molar-refractivity contribution in [3.05, 3.63) is 70.3 Å². The van der Waals surface area contributed by atoms with Gasteiger partial charge in [-0.25, -0.2) is 15.0 Å². The predicted octanol–water partition coefficient (Wildman–Crippen LogP) is 4.08. The average Bonchev–Trinajstić information content (AvgIpc) is 3.42. The van der Waals surface area contributed by atoms with Crippen LogP contribution >= 0.6 is 0 Å². The van der Waals surface area contributed by atoms with Crippen LogP contribution in [0.1, 0.15) is 24.0 Å². The lowest BCUT2D eigenvalue weighted by Crippen LogP contribution is -2.26. The van der Waals surface area contributed by atoms with E-state index in [0.29, 0.717) is 28.7 Å². The molecule has 0 unspecified atom stereocenters. The molecule has 2 aromatic carbocycles. The third-order valence-electron chi connectivity index (χ3n) is 6.40. The lowest BCUT2D eigenvalue weighted by Gasteiger charge is -2.12. The number of aryl methyl sites for hydroxylation is 2. The normalized spacial score (nSPS) is 16.5. The first-order valence-corrected chi connectivity index (χ1v) is 11.0. The summed E-state index contributed by atoms with van der Waals surface area (Å²) in [5, 5.41) is 0.497. The van der Waals surface area contributed by atoms with E-state index in [2.05, 4.69) is 26.0 Å². The van der Waals surface area contributed by atoms with Crippen LogP contribution in [0.5, 0.6) is 0 Å². The Labute approximate surface area is 184 Å². The number of ether oxygens (including phenoxy) is 1. The van der Waals surface area contributed by atoms with Gasteiger partial charge in [0.25, 0.3) is 5.56 Å². The van der Waals surface area contributed by atoms with Crippen molar-refractivity contribution in [2.24, 2.45) is 0 Å². The molecule has 4 heterocycles. The minimum absolute atomic E-state index is 0.0481. The second-order valence-electron chi connectivity index (χ2n) is 8.52. The van der Waals surface area contributed by atoms with Crippen LogP contribution in [-0.2, 0) is 11.3 Å². The van der Waals surface area contributed by atoms with Gasteiger partial charge in [0.05, 0.1) is 23.7 Å². The molecule has 7 nitrogen and oxygen atoms in total. The number of benzene rings is 2. The Morgan fingerprint density at radius 3 is 2.59 bits per heavy atom. The summed E-state index contributed by atoms with van der Waals surface area (Å²) in [6, 6.07) is 13.9. The maximum absolute atomic E-state index is 13.6. The van der Waals surface area contributed by atoms with E-state index in [1.165, 1.54) is 5.56 Å². The van der Waals surface area contributed by atoms with E-state index in [9.17, 15) is 4.79 Å². The number of para-hydroxylation sites is 2. The van der Waals surface area contributed by atoms with Crippen LogP contribution < -0.4 is 5.56 Å². The molecule has 0 amide bonds. The molecule has 0 saturated carbocycles. The van der Waals surface area contributed by atoms with E-state index in [4.69, 9.17) is 19.7 Å². The molecule has 5 aromatic rings. The van der Waals surface area contributed by atoms with E-state index in [-0.39, 0.29) is 11.7 Å². The summed E-state index contributed by atoms with van der Waals surface area (Å²) in [7, 11) is 0. The highest BCUT2D eigenvalue weighted by Crippen LogP contribution is 2.29. The Hall–Kier alpha value is -3.58. The summed E-state index contributed by atoms with van der Waals surface area (Å²) in [6.07, 6.45) is 3.66. The molecule has 7 heteroatoms. The van der Waals surface area contributed by atoms with Crippen molar-refractivity contribution in [3.63, 3.8) is 0 Å². The van der Waals surface area contributed by atoms with Crippen molar-refractivity contribution in [1.82, 2.24) is 24.1 Å². The quantitative estimate of drug-likeness (QED) is 0.435. The monoisotopic (exact) mass is 425 g/mol. The van der Waals surface area contributed by atoms with Gasteiger partial charge >= 0.3 is 0 Å². The number of aromatic nitrogens is 5. The van der Waals surface area contributed by atoms with Crippen molar-refractivity contribution in [2.75, 3.05) is 6.61 Å². The molecule has 0 bridgehead atoms. The summed E-state index contributed by atoms with van der Waals surface area (Å²) < 4.78 is 9.35. The van der Waals surface area contributed by atoms with Crippen LogP contribution in [0.2, 0.25) is 0 Å². The molecule has 0 aliphatic carbocycles. The molecular weight excluding hydrogens is 402 g/mol. The lowest BCUT2D eigenvalue weighted by molar-refractivity contribution is 0.0960. The molecule has 0 spiro atoms. The first-order chi connectivity index (χ1) is 15.6. The van der Waals surface area contributed by atoms with E-state index < -0.39 is 0 Å². The standard InChI is InChI=1S/C25H23N5O2/c1-15-9-10-17(12-16(15)2)30-23-21(22-24(30)28-20-8-4-3-7-19(20)27-22)25(31)29(14-26-23)13-18-6-5-11-32-18/h3-4,7-10,12,14,18H,5-6,11,13H2,1-2H3/t18-/m0/s1. The fraction of sp³-hybridized carbons (Fsp3) is 0.280. The average molecular weight is 425 g/mol. The van der Waals surface area contributed by atoms with E-state index >= 15 is 0 Å².